The molecular weight excluding hydrogens is 206 g/mol. The Bertz CT molecular complexity index is 384. The Labute approximate surface area is 94.3 Å². The second kappa shape index (κ2) is 5.30. The highest BCUT2D eigenvalue weighted by Gasteiger charge is 2.14. The van der Waals surface area contributed by atoms with E-state index < -0.39 is 12.0 Å². The Morgan fingerprint density at radius 3 is 2.31 bits per heavy atom. The van der Waals surface area contributed by atoms with Gasteiger partial charge in [-0.3, -0.25) is 9.59 Å². The summed E-state index contributed by atoms with van der Waals surface area (Å²) in [7, 11) is 0. The van der Waals surface area contributed by atoms with Gasteiger partial charge in [-0.2, -0.15) is 0 Å². The number of amides is 1. The summed E-state index contributed by atoms with van der Waals surface area (Å²) in [6.07, 6.45) is 0.910. The van der Waals surface area contributed by atoms with Gasteiger partial charge in [0.25, 0.3) is 5.91 Å². The van der Waals surface area contributed by atoms with Gasteiger partial charge in [-0.05, 0) is 31.0 Å². The first kappa shape index (κ1) is 12.2. The van der Waals surface area contributed by atoms with Crippen LogP contribution in [0.4, 0.5) is 0 Å². The largest absolute Gasteiger partial charge is 0.480 e. The summed E-state index contributed by atoms with van der Waals surface area (Å²) in [6.45, 7) is 3.46. The summed E-state index contributed by atoms with van der Waals surface area (Å²) >= 11 is 0. The third kappa shape index (κ3) is 3.08. The Kier molecular flexibility index (Phi) is 4.05. The van der Waals surface area contributed by atoms with Crippen LogP contribution in [-0.4, -0.2) is 23.0 Å². The fraction of sp³-hybridized carbons (Fsp3) is 0.333. The lowest BCUT2D eigenvalue weighted by Crippen LogP contribution is -2.38. The molecule has 1 aromatic carbocycles. The summed E-state index contributed by atoms with van der Waals surface area (Å²) in [5.41, 5.74) is 1.62. The number of carbonyl (C=O) groups excluding carboxylic acids is 1. The highest BCUT2D eigenvalue weighted by atomic mass is 16.4. The molecule has 0 aliphatic rings. The number of carboxylic acid groups (broad SMARTS) is 1. The zero-order valence-electron chi connectivity index (χ0n) is 9.36. The van der Waals surface area contributed by atoms with E-state index in [0.717, 1.165) is 12.0 Å². The van der Waals surface area contributed by atoms with Gasteiger partial charge in [0.2, 0.25) is 0 Å². The number of aryl methyl sites for hydroxylation is 1. The number of benzene rings is 1. The van der Waals surface area contributed by atoms with Crippen molar-refractivity contribution in [3.05, 3.63) is 35.4 Å². The standard InChI is InChI=1S/C12H15NO3/c1-3-9-4-6-10(7-5-9)11(14)13-8(2)12(15)16/h4-8H,3H2,1-2H3,(H,13,14)(H,15,16). The molecule has 0 aliphatic carbocycles. The average Bonchev–Trinajstić information content (AvgIpc) is 2.28. The molecule has 0 radical (unpaired) electrons. The summed E-state index contributed by atoms with van der Waals surface area (Å²) < 4.78 is 0. The number of hydrogen-bond donors (Lipinski definition) is 2. The van der Waals surface area contributed by atoms with Crippen LogP contribution in [0.1, 0.15) is 29.8 Å². The van der Waals surface area contributed by atoms with Crippen LogP contribution in [0.15, 0.2) is 24.3 Å². The smallest absolute Gasteiger partial charge is 0.325 e. The van der Waals surface area contributed by atoms with Crippen molar-refractivity contribution in [2.24, 2.45) is 0 Å². The van der Waals surface area contributed by atoms with Gasteiger partial charge < -0.3 is 10.4 Å². The van der Waals surface area contributed by atoms with E-state index in [-0.39, 0.29) is 5.91 Å². The highest BCUT2D eigenvalue weighted by molar-refractivity contribution is 5.96. The lowest BCUT2D eigenvalue weighted by atomic mass is 10.1. The quantitative estimate of drug-likeness (QED) is 0.808. The van der Waals surface area contributed by atoms with Gasteiger partial charge >= 0.3 is 5.97 Å². The molecule has 1 unspecified atom stereocenters. The third-order valence-electron chi connectivity index (χ3n) is 2.34. The molecule has 2 N–H and O–H groups in total. The predicted molar refractivity (Wildman–Crippen MR) is 60.4 cm³/mol. The zero-order valence-corrected chi connectivity index (χ0v) is 9.36. The minimum Gasteiger partial charge on any atom is -0.480 e. The second-order valence-corrected chi connectivity index (χ2v) is 3.58. The molecule has 86 valence electrons. The van der Waals surface area contributed by atoms with E-state index in [9.17, 15) is 9.59 Å². The first-order valence-corrected chi connectivity index (χ1v) is 5.17. The van der Waals surface area contributed by atoms with Crippen LogP contribution < -0.4 is 5.32 Å². The first-order valence-electron chi connectivity index (χ1n) is 5.17. The molecule has 0 heterocycles. The number of aliphatic carboxylic acids is 1. The maximum atomic E-state index is 11.6. The lowest BCUT2D eigenvalue weighted by molar-refractivity contribution is -0.138. The number of hydrogen-bond acceptors (Lipinski definition) is 2. The monoisotopic (exact) mass is 221 g/mol. The molecule has 0 bridgehead atoms. The van der Waals surface area contributed by atoms with Crippen LogP contribution in [0.5, 0.6) is 0 Å². The molecule has 4 nitrogen and oxygen atoms in total. The van der Waals surface area contributed by atoms with Crippen LogP contribution in [-0.2, 0) is 11.2 Å². The normalized spacial score (nSPS) is 11.9. The number of nitrogens with one attached hydrogen (secondary N) is 1. The van der Waals surface area contributed by atoms with Crippen molar-refractivity contribution in [3.63, 3.8) is 0 Å². The molecule has 1 rings (SSSR count). The molecule has 0 fully saturated rings. The SMILES string of the molecule is CCc1ccc(C(=O)NC(C)C(=O)O)cc1. The number of carbonyl (C=O) groups is 2. The molecule has 0 spiro atoms. The molecule has 4 heteroatoms. The van der Waals surface area contributed by atoms with Crippen molar-refractivity contribution in [2.75, 3.05) is 0 Å². The van der Waals surface area contributed by atoms with Crippen molar-refractivity contribution in [1.82, 2.24) is 5.32 Å². The van der Waals surface area contributed by atoms with E-state index in [0.29, 0.717) is 5.56 Å². The van der Waals surface area contributed by atoms with Gasteiger partial charge in [0, 0.05) is 5.56 Å². The average molecular weight is 221 g/mol. The molecule has 16 heavy (non-hydrogen) atoms. The topological polar surface area (TPSA) is 66.4 Å². The molecule has 0 aromatic heterocycles. The summed E-state index contributed by atoms with van der Waals surface area (Å²) in [4.78, 5) is 22.1. The maximum Gasteiger partial charge on any atom is 0.325 e. The molecule has 1 aromatic rings. The van der Waals surface area contributed by atoms with Crippen molar-refractivity contribution in [1.29, 1.82) is 0 Å². The summed E-state index contributed by atoms with van der Waals surface area (Å²) in [5, 5.41) is 11.0. The minimum absolute atomic E-state index is 0.363. The zero-order chi connectivity index (χ0) is 12.1. The Morgan fingerprint density at radius 1 is 1.31 bits per heavy atom. The van der Waals surface area contributed by atoms with Crippen molar-refractivity contribution < 1.29 is 14.7 Å². The molecule has 1 amide bonds. The lowest BCUT2D eigenvalue weighted by Gasteiger charge is -2.09. The Morgan fingerprint density at radius 2 is 1.88 bits per heavy atom. The van der Waals surface area contributed by atoms with Gasteiger partial charge in [0.05, 0.1) is 0 Å². The molecule has 1 atom stereocenters. The van der Waals surface area contributed by atoms with E-state index in [1.165, 1.54) is 6.92 Å². The maximum absolute atomic E-state index is 11.6. The van der Waals surface area contributed by atoms with Crippen LogP contribution in [0.3, 0.4) is 0 Å². The number of carboxylic acids is 1. The van der Waals surface area contributed by atoms with E-state index in [4.69, 9.17) is 5.11 Å². The van der Waals surface area contributed by atoms with Crippen LogP contribution >= 0.6 is 0 Å². The third-order valence-corrected chi connectivity index (χ3v) is 2.34. The van der Waals surface area contributed by atoms with E-state index in [2.05, 4.69) is 5.32 Å². The Hall–Kier alpha value is -1.84. The van der Waals surface area contributed by atoms with Gasteiger partial charge in [0.1, 0.15) is 6.04 Å². The number of rotatable bonds is 4. The van der Waals surface area contributed by atoms with Crippen molar-refractivity contribution in [3.8, 4) is 0 Å². The van der Waals surface area contributed by atoms with Crippen LogP contribution in [0.2, 0.25) is 0 Å². The highest BCUT2D eigenvalue weighted by Crippen LogP contribution is 2.05. The molecule has 0 saturated carbocycles. The van der Waals surface area contributed by atoms with Crippen molar-refractivity contribution in [2.45, 2.75) is 26.3 Å². The summed E-state index contributed by atoms with van der Waals surface area (Å²) in [5.74, 6) is -1.41. The van der Waals surface area contributed by atoms with Crippen LogP contribution in [0.25, 0.3) is 0 Å². The predicted octanol–water partition coefficient (Wildman–Crippen LogP) is 1.45. The van der Waals surface area contributed by atoms with E-state index in [1.807, 2.05) is 19.1 Å². The van der Waals surface area contributed by atoms with Gasteiger partial charge in [-0.15, -0.1) is 0 Å². The van der Waals surface area contributed by atoms with Crippen molar-refractivity contribution >= 4 is 11.9 Å². The van der Waals surface area contributed by atoms with Gasteiger partial charge in [-0.1, -0.05) is 19.1 Å². The van der Waals surface area contributed by atoms with Gasteiger partial charge in [-0.25, -0.2) is 0 Å². The summed E-state index contributed by atoms with van der Waals surface area (Å²) in [6, 6.07) is 6.24. The molecule has 0 aliphatic heterocycles. The first-order chi connectivity index (χ1) is 7.54. The minimum atomic E-state index is -1.04. The molecular formula is C12H15NO3. The van der Waals surface area contributed by atoms with E-state index >= 15 is 0 Å². The fourth-order valence-corrected chi connectivity index (χ4v) is 1.23. The fourth-order valence-electron chi connectivity index (χ4n) is 1.23. The Balaban J connectivity index is 2.69. The van der Waals surface area contributed by atoms with Gasteiger partial charge in [0.15, 0.2) is 0 Å². The van der Waals surface area contributed by atoms with Crippen LogP contribution in [0, 0.1) is 0 Å². The van der Waals surface area contributed by atoms with E-state index in [1.54, 1.807) is 12.1 Å². The second-order valence-electron chi connectivity index (χ2n) is 3.58. The molecule has 0 saturated heterocycles.